The molecule has 81 heavy (non-hydrogen) atoms. The summed E-state index contributed by atoms with van der Waals surface area (Å²) in [5, 5.41) is 26.6. The number of cyclic esters (lactones) is 2. The quantitative estimate of drug-likeness (QED) is 0.123. The number of Topliss-reactive ketones (excluding diaryl/α,β-unsaturated/α-hetero) is 2. The molecule has 0 amide bonds. The molecule has 2 aliphatic heterocycles. The number of aliphatic hydroxyl groups excluding tert-OH is 2. The predicted octanol–water partition coefficient (Wildman–Crippen LogP) is 15.5. The van der Waals surface area contributed by atoms with Crippen LogP contribution in [0.2, 0.25) is 18.1 Å². The average Bonchev–Trinajstić information content (AvgIpc) is 3.97. The molecule has 11 nitrogen and oxygen atoms in total. The van der Waals surface area contributed by atoms with Gasteiger partial charge in [-0.05, 0) is 93.8 Å². The summed E-state index contributed by atoms with van der Waals surface area (Å²) in [4.78, 5) is 62.0. The lowest BCUT2D eigenvalue weighted by Crippen LogP contribution is -2.50. The second-order valence-corrected chi connectivity index (χ2v) is 31.5. The highest BCUT2D eigenvalue weighted by Gasteiger charge is 2.47. The van der Waals surface area contributed by atoms with E-state index in [-0.39, 0.29) is 48.3 Å². The van der Waals surface area contributed by atoms with Gasteiger partial charge in [-0.2, -0.15) is 26.3 Å². The van der Waals surface area contributed by atoms with Gasteiger partial charge in [-0.3, -0.25) is 19.2 Å². The van der Waals surface area contributed by atoms with Crippen molar-refractivity contribution in [3.63, 3.8) is 0 Å². The summed E-state index contributed by atoms with van der Waals surface area (Å²) >= 11 is 2.87. The van der Waals surface area contributed by atoms with E-state index in [4.69, 9.17) is 13.9 Å². The van der Waals surface area contributed by atoms with Crippen LogP contribution in [0.1, 0.15) is 157 Å². The van der Waals surface area contributed by atoms with E-state index in [2.05, 4.69) is 43.8 Å². The van der Waals surface area contributed by atoms with Crippen molar-refractivity contribution in [1.29, 1.82) is 0 Å². The van der Waals surface area contributed by atoms with E-state index in [0.29, 0.717) is 22.5 Å². The molecular formula is C61H88F6N2O9S2Si. The minimum Gasteiger partial charge on any atom is -0.457 e. The third-order valence-corrected chi connectivity index (χ3v) is 22.4. The van der Waals surface area contributed by atoms with Crippen molar-refractivity contribution >= 4 is 66.6 Å². The van der Waals surface area contributed by atoms with Gasteiger partial charge < -0.3 is 24.1 Å². The van der Waals surface area contributed by atoms with Crippen LogP contribution in [-0.2, 0) is 33.1 Å². The Hall–Kier alpha value is -4.34. The van der Waals surface area contributed by atoms with Gasteiger partial charge in [-0.15, -0.1) is 22.7 Å². The number of halogens is 6. The first-order valence-electron chi connectivity index (χ1n) is 27.6. The minimum absolute atomic E-state index is 0.0451. The molecule has 0 bridgehead atoms. The zero-order valence-corrected chi connectivity index (χ0v) is 53.2. The molecule has 4 rings (SSSR count). The number of nitrogens with zero attached hydrogens (tertiary/aromatic N) is 2. The van der Waals surface area contributed by atoms with Gasteiger partial charge in [-0.1, -0.05) is 120 Å². The van der Waals surface area contributed by atoms with Gasteiger partial charge in [0, 0.05) is 64.3 Å². The monoisotopic (exact) mass is 1200 g/mol. The van der Waals surface area contributed by atoms with Crippen LogP contribution in [0, 0.1) is 54.3 Å². The van der Waals surface area contributed by atoms with E-state index in [1.54, 1.807) is 44.4 Å². The second kappa shape index (κ2) is 29.0. The van der Waals surface area contributed by atoms with E-state index in [1.165, 1.54) is 61.7 Å². The highest BCUT2D eigenvalue weighted by Crippen LogP contribution is 2.43. The number of thiazole rings is 2. The summed E-state index contributed by atoms with van der Waals surface area (Å²) in [5.74, 6) is -4.71. The van der Waals surface area contributed by atoms with Gasteiger partial charge >= 0.3 is 24.3 Å². The maximum absolute atomic E-state index is 14.2. The van der Waals surface area contributed by atoms with Crippen molar-refractivity contribution in [2.24, 2.45) is 40.4 Å². The maximum Gasteiger partial charge on any atom is 0.412 e. The van der Waals surface area contributed by atoms with Crippen molar-refractivity contribution in [2.75, 3.05) is 0 Å². The number of carbonyl (C=O) groups is 4. The van der Waals surface area contributed by atoms with E-state index < -0.39 is 121 Å². The molecular weight excluding hydrogens is 1110 g/mol. The molecule has 2 N–H and O–H groups in total. The largest absolute Gasteiger partial charge is 0.457 e. The normalized spacial score (nSPS) is 30.1. The average molecular weight is 1200 g/mol. The molecule has 0 saturated heterocycles. The fraction of sp³-hybridized carbons (Fsp3) is 0.639. The van der Waals surface area contributed by atoms with Crippen molar-refractivity contribution < 1.29 is 69.6 Å². The van der Waals surface area contributed by atoms with Crippen molar-refractivity contribution in [2.45, 2.75) is 210 Å². The van der Waals surface area contributed by atoms with Gasteiger partial charge in [-0.25, -0.2) is 9.97 Å². The predicted molar refractivity (Wildman–Crippen MR) is 313 cm³/mol. The number of allylic oxidation sites excluding steroid dienone is 4. The highest BCUT2D eigenvalue weighted by molar-refractivity contribution is 7.09. The number of hydrogen-bond donors (Lipinski definition) is 2. The third-order valence-electron chi connectivity index (χ3n) is 16.3. The number of ether oxygens (including phenoxy) is 2. The number of alkyl halides is 6. The Kier molecular flexibility index (Phi) is 25.4. The Morgan fingerprint density at radius 3 is 1.48 bits per heavy atom. The van der Waals surface area contributed by atoms with Crippen LogP contribution >= 0.6 is 22.7 Å². The summed E-state index contributed by atoms with van der Waals surface area (Å²) < 4.78 is 102. The van der Waals surface area contributed by atoms with Crippen LogP contribution in [0.4, 0.5) is 26.3 Å². The van der Waals surface area contributed by atoms with Crippen LogP contribution in [-0.4, -0.2) is 94.9 Å². The van der Waals surface area contributed by atoms with Crippen molar-refractivity contribution in [1.82, 2.24) is 9.97 Å². The molecule has 0 unspecified atom stereocenters. The molecule has 4 heterocycles. The Balaban J connectivity index is 0.000000432. The molecule has 0 fully saturated rings. The number of esters is 2. The van der Waals surface area contributed by atoms with Crippen molar-refractivity contribution in [3.8, 4) is 0 Å². The Morgan fingerprint density at radius 1 is 0.679 bits per heavy atom. The van der Waals surface area contributed by atoms with Gasteiger partial charge in [0.1, 0.15) is 23.8 Å². The lowest BCUT2D eigenvalue weighted by molar-refractivity contribution is -0.154. The topological polar surface area (TPSA) is 162 Å². The Labute approximate surface area is 485 Å². The lowest BCUT2D eigenvalue weighted by atomic mass is 9.69. The lowest BCUT2D eigenvalue weighted by Gasteiger charge is -2.43. The van der Waals surface area contributed by atoms with Crippen molar-refractivity contribution in [3.05, 3.63) is 90.9 Å². The Morgan fingerprint density at radius 2 is 1.09 bits per heavy atom. The summed E-state index contributed by atoms with van der Waals surface area (Å²) in [7, 11) is -2.35. The number of carbonyl (C=O) groups excluding carboxylic acids is 4. The standard InChI is InChI=1S/C34H52F3NO4SSi.C27H36F3NO5S/c1-21-14-13-15-26(34(35,36)37)16-17-28(22(2)18-27-20-43-25(5)38-27)41-29(39)19-23(3)33(9,10)31(40)24(4)30(21)42-44(11,12)32(6,7)8;1-15-8-7-9-19(27(28,29)30)10-11-21(16(2)12-20-14-37-18(4)31-20)36-23(33)13-22(32)26(5,6)25(35)17(3)24(15)34/h13-14,16,18,20-21,23-24,28,30H,15,17,19H2,1-12H3;7-8,10,12,14-15,17,21-22,24,32,34H,9,11,13H2,1-6H3/b14-13+,22-18+,26-16+;8-7+,16-12+,19-10+/t21-,23-,24+,28-,30-;15-,17+,21-,22-,24-/m00/s1. The molecule has 10 atom stereocenters. The van der Waals surface area contributed by atoms with E-state index in [9.17, 15) is 55.7 Å². The highest BCUT2D eigenvalue weighted by atomic mass is 32.1. The fourth-order valence-electron chi connectivity index (χ4n) is 9.22. The van der Waals surface area contributed by atoms with E-state index in [1.807, 2.05) is 53.8 Å². The number of ketones is 2. The summed E-state index contributed by atoms with van der Waals surface area (Å²) in [6.07, 6.45) is -4.45. The van der Waals surface area contributed by atoms with Crippen LogP contribution < -0.4 is 0 Å². The first kappa shape index (κ1) is 70.9. The van der Waals surface area contributed by atoms with Gasteiger partial charge in [0.15, 0.2) is 8.32 Å². The maximum atomic E-state index is 14.2. The molecule has 2 aromatic heterocycles. The molecule has 0 aliphatic carbocycles. The molecule has 2 aromatic rings. The number of hydrogen-bond acceptors (Lipinski definition) is 13. The summed E-state index contributed by atoms with van der Waals surface area (Å²) in [6.45, 7) is 33.0. The number of rotatable bonds is 6. The third kappa shape index (κ3) is 20.5. The smallest absolute Gasteiger partial charge is 0.412 e. The van der Waals surface area contributed by atoms with Crippen LogP contribution in [0.5, 0.6) is 0 Å². The van der Waals surface area contributed by atoms with E-state index in [0.717, 1.165) is 22.2 Å². The Bertz CT molecular complexity index is 2670. The van der Waals surface area contributed by atoms with Crippen LogP contribution in [0.25, 0.3) is 12.2 Å². The SMILES string of the molecule is C/C(=C\c1csc(C)n1)[C@@H]1C/C=C(/C(F)(F)F)C/C=C/[C@H](C)[C@H](O)[C@@H](C)C(=O)C(C)(C)[C@@H](O)CC(=O)O1.C/C(=C\c1csc(C)n1)[C@@H]1C/C=C(/C(F)(F)F)C/C=C/[C@H](C)[C@H](O[Si](C)(C)C(C)(C)C)[C@@H](C)C(=O)C(C)(C)[C@@H](C)CC(=O)O1. The molecule has 0 saturated carbocycles. The molecule has 0 spiro atoms. The summed E-state index contributed by atoms with van der Waals surface area (Å²) in [5.41, 5.74) is -1.45. The molecule has 0 aromatic carbocycles. The first-order chi connectivity index (χ1) is 37.0. The molecule has 20 heteroatoms. The zero-order valence-electron chi connectivity index (χ0n) is 50.5. The first-order valence-corrected chi connectivity index (χ1v) is 32.3. The summed E-state index contributed by atoms with van der Waals surface area (Å²) in [6, 6.07) is 0. The van der Waals surface area contributed by atoms with E-state index >= 15 is 0 Å². The fourth-order valence-corrected chi connectivity index (χ4v) is 11.8. The molecule has 0 radical (unpaired) electrons. The molecule has 2 aliphatic rings. The van der Waals surface area contributed by atoms with Gasteiger partial charge in [0.05, 0.1) is 51.6 Å². The van der Waals surface area contributed by atoms with Gasteiger partial charge in [0.25, 0.3) is 0 Å². The van der Waals surface area contributed by atoms with Gasteiger partial charge in [0.2, 0.25) is 0 Å². The number of aromatic nitrogens is 2. The van der Waals surface area contributed by atoms with Crippen LogP contribution in [0.3, 0.4) is 0 Å². The number of aliphatic hydroxyl groups is 2. The second-order valence-electron chi connectivity index (χ2n) is 24.6. The minimum atomic E-state index is -4.61. The molecule has 454 valence electrons. The number of aryl methyl sites for hydroxylation is 2. The van der Waals surface area contributed by atoms with Crippen LogP contribution in [0.15, 0.2) is 69.5 Å². The zero-order chi connectivity index (χ0) is 62.0.